The molecule has 2 rings (SSSR count). The molecule has 1 saturated heterocycles. The van der Waals surface area contributed by atoms with Crippen molar-refractivity contribution in [3.8, 4) is 0 Å². The average Bonchev–Trinajstić information content (AvgIpc) is 2.73. The fourth-order valence-electron chi connectivity index (χ4n) is 3.06. The third kappa shape index (κ3) is 2.87. The van der Waals surface area contributed by atoms with Gasteiger partial charge < -0.3 is 9.80 Å². The Labute approximate surface area is 132 Å². The van der Waals surface area contributed by atoms with Crippen LogP contribution >= 0.6 is 0 Å². The number of likely N-dealkylation sites (N-methyl/N-ethyl adjacent to an activating group) is 1. The van der Waals surface area contributed by atoms with Gasteiger partial charge in [0.1, 0.15) is 6.04 Å². The van der Waals surface area contributed by atoms with Crippen LogP contribution in [0.25, 0.3) is 0 Å². The first-order chi connectivity index (χ1) is 10.4. The minimum absolute atomic E-state index is 0.0484. The summed E-state index contributed by atoms with van der Waals surface area (Å²) in [5.41, 5.74) is 2.22. The van der Waals surface area contributed by atoms with Gasteiger partial charge in [0, 0.05) is 32.9 Å². The van der Waals surface area contributed by atoms with Gasteiger partial charge >= 0.3 is 0 Å². The first-order valence-electron chi connectivity index (χ1n) is 7.94. The van der Waals surface area contributed by atoms with E-state index in [4.69, 9.17) is 0 Å². The topological polar surface area (TPSA) is 58.4 Å². The summed E-state index contributed by atoms with van der Waals surface area (Å²) in [5.74, 6) is -0.0158. The van der Waals surface area contributed by atoms with Gasteiger partial charge in [-0.15, -0.1) is 0 Å². The zero-order valence-electron chi connectivity index (χ0n) is 14.2. The lowest BCUT2D eigenvalue weighted by molar-refractivity contribution is -0.138. The summed E-state index contributed by atoms with van der Waals surface area (Å²) in [6, 6.07) is -0.342. The van der Waals surface area contributed by atoms with Crippen LogP contribution in [0.2, 0.25) is 0 Å². The average molecular weight is 306 g/mol. The van der Waals surface area contributed by atoms with Crippen molar-refractivity contribution < 1.29 is 9.59 Å². The van der Waals surface area contributed by atoms with Crippen molar-refractivity contribution in [2.24, 2.45) is 7.05 Å². The van der Waals surface area contributed by atoms with Crippen LogP contribution in [0.1, 0.15) is 47.9 Å². The molecular formula is C16H26N4O2. The molecular weight excluding hydrogens is 280 g/mol. The molecule has 1 aliphatic heterocycles. The van der Waals surface area contributed by atoms with E-state index in [0.29, 0.717) is 18.7 Å². The van der Waals surface area contributed by atoms with Crippen molar-refractivity contribution in [3.05, 3.63) is 17.0 Å². The number of hydrogen-bond donors (Lipinski definition) is 0. The summed E-state index contributed by atoms with van der Waals surface area (Å²) >= 11 is 0. The third-order valence-corrected chi connectivity index (χ3v) is 4.53. The molecule has 0 spiro atoms. The minimum Gasteiger partial charge on any atom is -0.342 e. The molecule has 0 aromatic carbocycles. The van der Waals surface area contributed by atoms with Crippen molar-refractivity contribution in [3.63, 3.8) is 0 Å². The highest BCUT2D eigenvalue weighted by atomic mass is 16.2. The minimum atomic E-state index is -0.342. The maximum atomic E-state index is 13.0. The molecule has 1 unspecified atom stereocenters. The van der Waals surface area contributed by atoms with Crippen LogP contribution in [0, 0.1) is 13.8 Å². The molecule has 0 N–H and O–H groups in total. The number of rotatable bonds is 4. The van der Waals surface area contributed by atoms with Gasteiger partial charge in [0.2, 0.25) is 5.91 Å². The van der Waals surface area contributed by atoms with E-state index in [1.54, 1.807) is 14.5 Å². The number of hydrogen-bond acceptors (Lipinski definition) is 3. The zero-order chi connectivity index (χ0) is 16.4. The molecule has 1 atom stereocenters. The summed E-state index contributed by atoms with van der Waals surface area (Å²) in [5, 5.41) is 4.32. The molecule has 1 aliphatic rings. The molecule has 6 heteroatoms. The molecule has 1 aromatic rings. The Morgan fingerprint density at radius 3 is 2.50 bits per heavy atom. The van der Waals surface area contributed by atoms with E-state index in [9.17, 15) is 9.59 Å². The highest BCUT2D eigenvalue weighted by molar-refractivity contribution is 5.99. The Balaban J connectivity index is 2.31. The van der Waals surface area contributed by atoms with Crippen LogP contribution in [-0.2, 0) is 11.8 Å². The fraction of sp³-hybridized carbons (Fsp3) is 0.688. The Hall–Kier alpha value is -1.85. The van der Waals surface area contributed by atoms with E-state index in [1.807, 2.05) is 27.9 Å². The van der Waals surface area contributed by atoms with Gasteiger partial charge in [-0.25, -0.2) is 0 Å². The van der Waals surface area contributed by atoms with E-state index < -0.39 is 0 Å². The van der Waals surface area contributed by atoms with Crippen LogP contribution in [0.3, 0.4) is 0 Å². The maximum absolute atomic E-state index is 13.0. The summed E-state index contributed by atoms with van der Waals surface area (Å²) in [4.78, 5) is 28.9. The lowest BCUT2D eigenvalue weighted by Crippen LogP contribution is -2.57. The normalized spacial score (nSPS) is 19.0. The summed E-state index contributed by atoms with van der Waals surface area (Å²) < 4.78 is 1.72. The lowest BCUT2D eigenvalue weighted by Gasteiger charge is -2.39. The Bertz CT molecular complexity index is 579. The molecule has 2 heterocycles. The van der Waals surface area contributed by atoms with Gasteiger partial charge in [-0.3, -0.25) is 14.3 Å². The molecule has 122 valence electrons. The molecule has 1 aromatic heterocycles. The van der Waals surface area contributed by atoms with Crippen LogP contribution in [0.5, 0.6) is 0 Å². The molecule has 0 saturated carbocycles. The van der Waals surface area contributed by atoms with E-state index in [-0.39, 0.29) is 17.9 Å². The zero-order valence-corrected chi connectivity index (χ0v) is 14.2. The first-order valence-corrected chi connectivity index (χ1v) is 7.94. The van der Waals surface area contributed by atoms with Crippen LogP contribution < -0.4 is 0 Å². The van der Waals surface area contributed by atoms with Gasteiger partial charge in [0.15, 0.2) is 0 Å². The van der Waals surface area contributed by atoms with Gasteiger partial charge in [-0.1, -0.05) is 19.8 Å². The predicted molar refractivity (Wildman–Crippen MR) is 84.7 cm³/mol. The molecule has 6 nitrogen and oxygen atoms in total. The third-order valence-electron chi connectivity index (χ3n) is 4.53. The van der Waals surface area contributed by atoms with Gasteiger partial charge in [0.05, 0.1) is 11.3 Å². The number of aromatic nitrogens is 2. The highest BCUT2D eigenvalue weighted by Gasteiger charge is 2.37. The van der Waals surface area contributed by atoms with E-state index >= 15 is 0 Å². The number of amides is 2. The molecule has 0 bridgehead atoms. The second-order valence-corrected chi connectivity index (χ2v) is 6.09. The van der Waals surface area contributed by atoms with E-state index in [0.717, 1.165) is 30.7 Å². The van der Waals surface area contributed by atoms with Crippen molar-refractivity contribution in [1.82, 2.24) is 19.6 Å². The van der Waals surface area contributed by atoms with Gasteiger partial charge in [0.25, 0.3) is 5.91 Å². The Morgan fingerprint density at radius 2 is 1.95 bits per heavy atom. The monoisotopic (exact) mass is 306 g/mol. The molecule has 22 heavy (non-hydrogen) atoms. The summed E-state index contributed by atoms with van der Waals surface area (Å²) in [6.07, 6.45) is 2.68. The maximum Gasteiger partial charge on any atom is 0.258 e. The van der Waals surface area contributed by atoms with E-state index in [1.165, 1.54) is 0 Å². The van der Waals surface area contributed by atoms with E-state index in [2.05, 4.69) is 12.0 Å². The molecule has 0 aliphatic carbocycles. The number of piperazine rings is 1. The number of nitrogens with zero attached hydrogens (tertiary/aromatic N) is 4. The van der Waals surface area contributed by atoms with Crippen molar-refractivity contribution in [1.29, 1.82) is 0 Å². The summed E-state index contributed by atoms with van der Waals surface area (Å²) in [7, 11) is 3.65. The molecule has 2 amide bonds. The van der Waals surface area contributed by atoms with Gasteiger partial charge in [-0.2, -0.15) is 5.10 Å². The second kappa shape index (κ2) is 6.50. The number of unbranched alkanes of at least 4 members (excludes halogenated alkanes) is 1. The lowest BCUT2D eigenvalue weighted by atomic mass is 10.0. The molecule has 0 radical (unpaired) electrons. The van der Waals surface area contributed by atoms with Crippen LogP contribution in [0.15, 0.2) is 0 Å². The largest absolute Gasteiger partial charge is 0.342 e. The number of aryl methyl sites for hydroxylation is 2. The smallest absolute Gasteiger partial charge is 0.258 e. The first kappa shape index (κ1) is 16.5. The molecule has 1 fully saturated rings. The highest BCUT2D eigenvalue weighted by Crippen LogP contribution is 2.22. The van der Waals surface area contributed by atoms with Crippen molar-refractivity contribution >= 4 is 11.8 Å². The standard InChI is InChI=1S/C16H26N4O2/c1-6-7-8-13-15(21)18(4)9-10-20(13)16(22)14-11(2)17-19(5)12(14)3/h13H,6-10H2,1-5H3. The predicted octanol–water partition coefficient (Wildman–Crippen LogP) is 1.51. The second-order valence-electron chi connectivity index (χ2n) is 6.09. The van der Waals surface area contributed by atoms with Crippen molar-refractivity contribution in [2.75, 3.05) is 20.1 Å². The fourth-order valence-corrected chi connectivity index (χ4v) is 3.06. The number of carbonyl (C=O) groups excluding carboxylic acids is 2. The number of carbonyl (C=O) groups is 2. The quantitative estimate of drug-likeness (QED) is 0.847. The SMILES string of the molecule is CCCCC1C(=O)N(C)CCN1C(=O)c1c(C)nn(C)c1C. The van der Waals surface area contributed by atoms with Crippen molar-refractivity contribution in [2.45, 2.75) is 46.1 Å². The summed E-state index contributed by atoms with van der Waals surface area (Å²) in [6.45, 7) is 7.01. The Kier molecular flexibility index (Phi) is 4.88. The van der Waals surface area contributed by atoms with Crippen LogP contribution in [-0.4, -0.2) is 57.6 Å². The Morgan fingerprint density at radius 1 is 1.27 bits per heavy atom. The van der Waals surface area contributed by atoms with Gasteiger partial charge in [-0.05, 0) is 20.3 Å². The van der Waals surface area contributed by atoms with Crippen LogP contribution in [0.4, 0.5) is 0 Å².